The molecule has 2 aromatic rings. The lowest BCUT2D eigenvalue weighted by molar-refractivity contribution is 0.0963. The predicted molar refractivity (Wildman–Crippen MR) is 88.5 cm³/mol. The molecule has 116 valence electrons. The van der Waals surface area contributed by atoms with Crippen LogP contribution in [0.4, 0.5) is 0 Å². The van der Waals surface area contributed by atoms with Crippen LogP contribution in [0.25, 0.3) is 0 Å². The smallest absolute Gasteiger partial charge is 0.167 e. The lowest BCUT2D eigenvalue weighted by Gasteiger charge is -2.25. The van der Waals surface area contributed by atoms with E-state index in [0.717, 1.165) is 36.2 Å². The molecule has 0 amide bonds. The number of H-pyrrole nitrogens is 1. The molecule has 3 rings (SSSR count). The highest BCUT2D eigenvalue weighted by Gasteiger charge is 2.31. The first-order valence-corrected chi connectivity index (χ1v) is 8.30. The fraction of sp³-hybridized carbons (Fsp3) is 0.474. The van der Waals surface area contributed by atoms with E-state index in [-0.39, 0.29) is 11.7 Å². The summed E-state index contributed by atoms with van der Waals surface area (Å²) in [6, 6.07) is 8.54. The fourth-order valence-corrected chi connectivity index (χ4v) is 3.59. The second-order valence-corrected chi connectivity index (χ2v) is 6.59. The zero-order valence-corrected chi connectivity index (χ0v) is 13.6. The maximum absolute atomic E-state index is 12.6. The molecule has 22 heavy (non-hydrogen) atoms. The van der Waals surface area contributed by atoms with Gasteiger partial charge in [0, 0.05) is 12.1 Å². The zero-order valence-electron chi connectivity index (χ0n) is 13.6. The molecule has 1 N–H and O–H groups in total. The number of ketones is 1. The molecule has 3 heteroatoms. The van der Waals surface area contributed by atoms with E-state index < -0.39 is 0 Å². The number of rotatable bonds is 4. The van der Waals surface area contributed by atoms with E-state index >= 15 is 0 Å². The molecule has 0 bridgehead atoms. The highest BCUT2D eigenvalue weighted by Crippen LogP contribution is 2.36. The van der Waals surface area contributed by atoms with Gasteiger partial charge in [0.25, 0.3) is 0 Å². The molecule has 0 spiro atoms. The summed E-state index contributed by atoms with van der Waals surface area (Å²) in [4.78, 5) is 12.6. The first-order valence-electron chi connectivity index (χ1n) is 8.30. The van der Waals surface area contributed by atoms with Gasteiger partial charge in [-0.1, -0.05) is 51.5 Å². The third-order valence-electron chi connectivity index (χ3n) is 4.62. The molecule has 1 aliphatic rings. The lowest BCUT2D eigenvalue weighted by Crippen LogP contribution is -2.20. The predicted octanol–water partition coefficient (Wildman–Crippen LogP) is 4.40. The Morgan fingerprint density at radius 1 is 1.27 bits per heavy atom. The topological polar surface area (TPSA) is 45.8 Å². The quantitative estimate of drug-likeness (QED) is 0.909. The van der Waals surface area contributed by atoms with E-state index in [0.29, 0.717) is 12.3 Å². The van der Waals surface area contributed by atoms with Gasteiger partial charge in [0.1, 0.15) is 0 Å². The minimum Gasteiger partial charge on any atom is -0.294 e. The van der Waals surface area contributed by atoms with Gasteiger partial charge < -0.3 is 0 Å². The molecule has 1 heterocycles. The van der Waals surface area contributed by atoms with Crippen molar-refractivity contribution in [3.05, 3.63) is 52.3 Å². The SMILES string of the molecule is CCCc1n[nH]c2c1C(=O)CC(c1ccccc1C(C)C)C2. The number of aromatic amines is 1. The summed E-state index contributed by atoms with van der Waals surface area (Å²) in [5, 5.41) is 7.50. The Hall–Kier alpha value is -1.90. The van der Waals surface area contributed by atoms with Gasteiger partial charge in [0.15, 0.2) is 5.78 Å². The molecule has 0 radical (unpaired) electrons. The van der Waals surface area contributed by atoms with Crippen LogP contribution in [0.2, 0.25) is 0 Å². The molecule has 1 atom stereocenters. The van der Waals surface area contributed by atoms with Gasteiger partial charge in [-0.2, -0.15) is 5.10 Å². The number of hydrogen-bond donors (Lipinski definition) is 1. The standard InChI is InChI=1S/C19H24N2O/c1-4-7-16-19-17(21-20-16)10-13(11-18(19)22)15-9-6-5-8-14(15)12(2)3/h5-6,8-9,12-13H,4,7,10-11H2,1-3H3,(H,20,21). The van der Waals surface area contributed by atoms with Crippen molar-refractivity contribution >= 4 is 5.78 Å². The molecule has 0 saturated heterocycles. The van der Waals surface area contributed by atoms with Gasteiger partial charge in [-0.05, 0) is 35.8 Å². The van der Waals surface area contributed by atoms with Crippen molar-refractivity contribution in [1.29, 1.82) is 0 Å². The Kier molecular flexibility index (Phi) is 4.14. The number of carbonyl (C=O) groups excluding carboxylic acids is 1. The highest BCUT2D eigenvalue weighted by atomic mass is 16.1. The Morgan fingerprint density at radius 3 is 2.77 bits per heavy atom. The Morgan fingerprint density at radius 2 is 2.05 bits per heavy atom. The summed E-state index contributed by atoms with van der Waals surface area (Å²) in [6.07, 6.45) is 3.39. The minimum absolute atomic E-state index is 0.252. The van der Waals surface area contributed by atoms with Crippen molar-refractivity contribution in [3.8, 4) is 0 Å². The molecule has 1 aromatic carbocycles. The van der Waals surface area contributed by atoms with Crippen molar-refractivity contribution in [2.24, 2.45) is 0 Å². The first-order chi connectivity index (χ1) is 10.6. The molecule has 1 aromatic heterocycles. The van der Waals surface area contributed by atoms with Crippen LogP contribution >= 0.6 is 0 Å². The number of nitrogens with zero attached hydrogens (tertiary/aromatic N) is 1. The average Bonchev–Trinajstić information content (AvgIpc) is 2.91. The number of Topliss-reactive ketones (excluding diaryl/α,β-unsaturated/α-hetero) is 1. The zero-order chi connectivity index (χ0) is 15.7. The summed E-state index contributed by atoms with van der Waals surface area (Å²) in [5.74, 6) is 1.00. The second kappa shape index (κ2) is 6.07. The van der Waals surface area contributed by atoms with Gasteiger partial charge in [0.05, 0.1) is 11.3 Å². The maximum atomic E-state index is 12.6. The Labute approximate surface area is 132 Å². The lowest BCUT2D eigenvalue weighted by atomic mass is 9.78. The fourth-order valence-electron chi connectivity index (χ4n) is 3.59. The van der Waals surface area contributed by atoms with Gasteiger partial charge in [-0.15, -0.1) is 0 Å². The number of aromatic nitrogens is 2. The first kappa shape index (κ1) is 15.0. The van der Waals surface area contributed by atoms with Gasteiger partial charge >= 0.3 is 0 Å². The summed E-state index contributed by atoms with van der Waals surface area (Å²) in [5.41, 5.74) is 5.54. The van der Waals surface area contributed by atoms with E-state index in [4.69, 9.17) is 0 Å². The van der Waals surface area contributed by atoms with Crippen LogP contribution < -0.4 is 0 Å². The van der Waals surface area contributed by atoms with Crippen LogP contribution in [-0.4, -0.2) is 16.0 Å². The van der Waals surface area contributed by atoms with Crippen LogP contribution in [0.5, 0.6) is 0 Å². The van der Waals surface area contributed by atoms with Crippen molar-refractivity contribution < 1.29 is 4.79 Å². The normalized spacial score (nSPS) is 17.8. The summed E-state index contributed by atoms with van der Waals surface area (Å²) in [7, 11) is 0. The van der Waals surface area contributed by atoms with Crippen LogP contribution in [0.3, 0.4) is 0 Å². The molecular weight excluding hydrogens is 272 g/mol. The molecule has 0 fully saturated rings. The third kappa shape index (κ3) is 2.60. The van der Waals surface area contributed by atoms with Crippen LogP contribution in [-0.2, 0) is 12.8 Å². The second-order valence-electron chi connectivity index (χ2n) is 6.59. The summed E-state index contributed by atoms with van der Waals surface area (Å²) in [6.45, 7) is 6.55. The molecular formula is C19H24N2O. The summed E-state index contributed by atoms with van der Waals surface area (Å²) < 4.78 is 0. The molecule has 0 saturated carbocycles. The number of fused-ring (bicyclic) bond motifs is 1. The average molecular weight is 296 g/mol. The van der Waals surface area contributed by atoms with Crippen molar-refractivity contribution in [1.82, 2.24) is 10.2 Å². The van der Waals surface area contributed by atoms with Gasteiger partial charge in [-0.3, -0.25) is 9.89 Å². The van der Waals surface area contributed by atoms with E-state index in [2.05, 4.69) is 55.2 Å². The van der Waals surface area contributed by atoms with Crippen LogP contribution in [0.15, 0.2) is 24.3 Å². The van der Waals surface area contributed by atoms with E-state index in [1.54, 1.807) is 0 Å². The Balaban J connectivity index is 1.95. The Bertz CT molecular complexity index is 684. The van der Waals surface area contributed by atoms with E-state index in [9.17, 15) is 4.79 Å². The monoisotopic (exact) mass is 296 g/mol. The van der Waals surface area contributed by atoms with E-state index in [1.165, 1.54) is 11.1 Å². The number of hydrogen-bond acceptors (Lipinski definition) is 2. The maximum Gasteiger partial charge on any atom is 0.167 e. The molecule has 1 aliphatic carbocycles. The van der Waals surface area contributed by atoms with Crippen molar-refractivity contribution in [2.75, 3.05) is 0 Å². The van der Waals surface area contributed by atoms with Gasteiger partial charge in [0.2, 0.25) is 0 Å². The largest absolute Gasteiger partial charge is 0.294 e. The molecule has 0 aliphatic heterocycles. The highest BCUT2D eigenvalue weighted by molar-refractivity contribution is 5.99. The van der Waals surface area contributed by atoms with Gasteiger partial charge in [-0.25, -0.2) is 0 Å². The van der Waals surface area contributed by atoms with Crippen molar-refractivity contribution in [3.63, 3.8) is 0 Å². The van der Waals surface area contributed by atoms with Crippen LogP contribution in [0, 0.1) is 0 Å². The number of carbonyl (C=O) groups is 1. The molecule has 1 unspecified atom stereocenters. The summed E-state index contributed by atoms with van der Waals surface area (Å²) >= 11 is 0. The minimum atomic E-state index is 0.252. The van der Waals surface area contributed by atoms with Crippen molar-refractivity contribution in [2.45, 2.75) is 58.3 Å². The molecule has 3 nitrogen and oxygen atoms in total. The number of aryl methyl sites for hydroxylation is 1. The third-order valence-corrected chi connectivity index (χ3v) is 4.62. The van der Waals surface area contributed by atoms with Crippen LogP contribution in [0.1, 0.15) is 78.3 Å². The van der Waals surface area contributed by atoms with E-state index in [1.807, 2.05) is 0 Å². The number of nitrogens with one attached hydrogen (secondary N) is 1. The number of benzene rings is 1.